The zero-order chi connectivity index (χ0) is 21.9. The van der Waals surface area contributed by atoms with Crippen molar-refractivity contribution in [2.24, 2.45) is 7.05 Å². The number of rotatable bonds is 6. The Balaban J connectivity index is 1.36. The van der Waals surface area contributed by atoms with E-state index >= 15 is 0 Å². The van der Waals surface area contributed by atoms with Crippen LogP contribution in [-0.2, 0) is 13.6 Å². The predicted octanol–water partition coefficient (Wildman–Crippen LogP) is 3.87. The minimum atomic E-state index is 0.399. The van der Waals surface area contributed by atoms with Gasteiger partial charge in [-0.1, -0.05) is 12.1 Å². The highest BCUT2D eigenvalue weighted by atomic mass is 16.5. The molecule has 1 aromatic carbocycles. The molecule has 5 rings (SSSR count). The fourth-order valence-corrected chi connectivity index (χ4v) is 5.02. The summed E-state index contributed by atoms with van der Waals surface area (Å²) in [5.41, 5.74) is 4.57. The fourth-order valence-electron chi connectivity index (χ4n) is 5.02. The summed E-state index contributed by atoms with van der Waals surface area (Å²) in [5, 5.41) is 4.90. The van der Waals surface area contributed by atoms with E-state index in [0.717, 1.165) is 67.8 Å². The molecule has 0 amide bonds. The van der Waals surface area contributed by atoms with E-state index in [1.807, 2.05) is 30.1 Å². The number of aryl methyl sites for hydroxylation is 1. The molecular formula is C25H32N6O. The lowest BCUT2D eigenvalue weighted by Crippen LogP contribution is -2.34. The van der Waals surface area contributed by atoms with Crippen LogP contribution in [0.1, 0.15) is 42.9 Å². The summed E-state index contributed by atoms with van der Waals surface area (Å²) < 4.78 is 7.34. The summed E-state index contributed by atoms with van der Waals surface area (Å²) in [5.74, 6) is 2.16. The Morgan fingerprint density at radius 1 is 1.09 bits per heavy atom. The summed E-state index contributed by atoms with van der Waals surface area (Å²) in [7, 11) is 3.73. The number of piperidine rings is 1. The minimum absolute atomic E-state index is 0.399. The molecule has 0 N–H and O–H groups in total. The van der Waals surface area contributed by atoms with E-state index in [-0.39, 0.29) is 0 Å². The summed E-state index contributed by atoms with van der Waals surface area (Å²) in [4.78, 5) is 14.3. The van der Waals surface area contributed by atoms with Crippen molar-refractivity contribution in [2.75, 3.05) is 38.2 Å². The van der Waals surface area contributed by atoms with Crippen molar-refractivity contribution in [1.29, 1.82) is 0 Å². The van der Waals surface area contributed by atoms with Crippen molar-refractivity contribution in [3.05, 3.63) is 54.0 Å². The molecule has 4 heterocycles. The van der Waals surface area contributed by atoms with E-state index in [9.17, 15) is 0 Å². The number of hydrogen-bond acceptors (Lipinski definition) is 6. The maximum absolute atomic E-state index is 5.40. The predicted molar refractivity (Wildman–Crippen MR) is 126 cm³/mol. The van der Waals surface area contributed by atoms with Gasteiger partial charge >= 0.3 is 0 Å². The lowest BCUT2D eigenvalue weighted by Gasteiger charge is -2.32. The smallest absolute Gasteiger partial charge is 0.225 e. The highest BCUT2D eigenvalue weighted by Crippen LogP contribution is 2.34. The standard InChI is InChI=1S/C25H32N6O/c1-29-18-22(23-10-11-26-25(27-23)31-13-3-4-14-31)24(28-29)20-8-6-12-30(17-20)16-19-7-5-9-21(15-19)32-2/h5,7,9-11,15,18,20H,3-4,6,8,12-14,16-17H2,1-2H3/t20-/m1/s1. The Kier molecular flexibility index (Phi) is 6.08. The topological polar surface area (TPSA) is 59.3 Å². The van der Waals surface area contributed by atoms with Crippen molar-refractivity contribution < 1.29 is 4.74 Å². The lowest BCUT2D eigenvalue weighted by molar-refractivity contribution is 0.198. The molecule has 0 bridgehead atoms. The molecule has 1 atom stereocenters. The highest BCUT2D eigenvalue weighted by molar-refractivity contribution is 5.63. The molecule has 168 valence electrons. The first-order chi connectivity index (χ1) is 15.7. The van der Waals surface area contributed by atoms with E-state index in [1.165, 1.54) is 24.8 Å². The van der Waals surface area contributed by atoms with Crippen LogP contribution in [0.25, 0.3) is 11.3 Å². The van der Waals surface area contributed by atoms with E-state index in [0.29, 0.717) is 5.92 Å². The lowest BCUT2D eigenvalue weighted by atomic mass is 9.91. The van der Waals surface area contributed by atoms with Gasteiger partial charge in [0.05, 0.1) is 18.5 Å². The van der Waals surface area contributed by atoms with E-state index in [2.05, 4.69) is 39.2 Å². The molecule has 0 radical (unpaired) electrons. The van der Waals surface area contributed by atoms with Crippen molar-refractivity contribution in [3.63, 3.8) is 0 Å². The maximum atomic E-state index is 5.40. The normalized spacial score (nSPS) is 19.4. The van der Waals surface area contributed by atoms with Crippen LogP contribution in [0.4, 0.5) is 5.95 Å². The quantitative estimate of drug-likeness (QED) is 0.589. The number of methoxy groups -OCH3 is 1. The Bertz CT molecular complexity index is 1060. The second-order valence-corrected chi connectivity index (χ2v) is 8.96. The first kappa shape index (κ1) is 20.9. The SMILES string of the molecule is COc1cccc(CN2CCC[C@@H](c3nn(C)cc3-c3ccnc(N4CCCC4)n3)C2)c1. The van der Waals surface area contributed by atoms with Crippen LogP contribution < -0.4 is 9.64 Å². The molecule has 32 heavy (non-hydrogen) atoms. The van der Waals surface area contributed by atoms with Gasteiger partial charge in [-0.05, 0) is 56.0 Å². The molecule has 7 heteroatoms. The molecule has 2 aliphatic heterocycles. The highest BCUT2D eigenvalue weighted by Gasteiger charge is 2.27. The Morgan fingerprint density at radius 2 is 1.97 bits per heavy atom. The number of aromatic nitrogens is 4. The van der Waals surface area contributed by atoms with Gasteiger partial charge in [0.25, 0.3) is 0 Å². The van der Waals surface area contributed by atoms with Crippen LogP contribution in [-0.4, -0.2) is 57.9 Å². The van der Waals surface area contributed by atoms with Gasteiger partial charge in [0.15, 0.2) is 0 Å². The summed E-state index contributed by atoms with van der Waals surface area (Å²) in [6, 6.07) is 10.4. The van der Waals surface area contributed by atoms with Crippen molar-refractivity contribution in [1.82, 2.24) is 24.6 Å². The average molecular weight is 433 g/mol. The van der Waals surface area contributed by atoms with Gasteiger partial charge in [-0.3, -0.25) is 9.58 Å². The summed E-state index contributed by atoms with van der Waals surface area (Å²) in [6.07, 6.45) is 8.78. The number of benzene rings is 1. The molecule has 0 unspecified atom stereocenters. The monoisotopic (exact) mass is 432 g/mol. The first-order valence-corrected chi connectivity index (χ1v) is 11.7. The summed E-state index contributed by atoms with van der Waals surface area (Å²) in [6.45, 7) is 5.15. The molecule has 2 saturated heterocycles. The third-order valence-corrected chi connectivity index (χ3v) is 6.60. The molecule has 2 aromatic heterocycles. The van der Waals surface area contributed by atoms with E-state index < -0.39 is 0 Å². The maximum Gasteiger partial charge on any atom is 0.225 e. The molecule has 2 aliphatic rings. The molecule has 3 aromatic rings. The van der Waals surface area contributed by atoms with Gasteiger partial charge in [-0.25, -0.2) is 9.97 Å². The zero-order valence-corrected chi connectivity index (χ0v) is 19.1. The van der Waals surface area contributed by atoms with Gasteiger partial charge < -0.3 is 9.64 Å². The van der Waals surface area contributed by atoms with Crippen LogP contribution in [0.15, 0.2) is 42.7 Å². The summed E-state index contributed by atoms with van der Waals surface area (Å²) >= 11 is 0. The van der Waals surface area contributed by atoms with Crippen molar-refractivity contribution >= 4 is 5.95 Å². The van der Waals surface area contributed by atoms with Crippen LogP contribution in [0.5, 0.6) is 5.75 Å². The number of likely N-dealkylation sites (tertiary alicyclic amines) is 1. The van der Waals surface area contributed by atoms with Gasteiger partial charge in [0, 0.05) is 57.1 Å². The molecule has 0 aliphatic carbocycles. The average Bonchev–Trinajstić information content (AvgIpc) is 3.50. The van der Waals surface area contributed by atoms with Crippen LogP contribution in [0, 0.1) is 0 Å². The zero-order valence-electron chi connectivity index (χ0n) is 19.1. The van der Waals surface area contributed by atoms with Gasteiger partial charge in [0.2, 0.25) is 5.95 Å². The molecule has 2 fully saturated rings. The Labute approximate surface area is 190 Å². The van der Waals surface area contributed by atoms with E-state index in [4.69, 9.17) is 14.8 Å². The minimum Gasteiger partial charge on any atom is -0.497 e. The number of nitrogens with zero attached hydrogens (tertiary/aromatic N) is 6. The number of hydrogen-bond donors (Lipinski definition) is 0. The molecule has 0 spiro atoms. The second-order valence-electron chi connectivity index (χ2n) is 8.96. The fraction of sp³-hybridized carbons (Fsp3) is 0.480. The first-order valence-electron chi connectivity index (χ1n) is 11.7. The van der Waals surface area contributed by atoms with Crippen molar-refractivity contribution in [3.8, 4) is 17.0 Å². The Morgan fingerprint density at radius 3 is 2.81 bits per heavy atom. The molecule has 0 saturated carbocycles. The van der Waals surface area contributed by atoms with Crippen LogP contribution >= 0.6 is 0 Å². The number of anilines is 1. The third-order valence-electron chi connectivity index (χ3n) is 6.60. The molecule has 7 nitrogen and oxygen atoms in total. The third kappa shape index (κ3) is 4.48. The van der Waals surface area contributed by atoms with Crippen LogP contribution in [0.3, 0.4) is 0 Å². The Hall–Kier alpha value is -2.93. The number of ether oxygens (including phenoxy) is 1. The molecular weight excluding hydrogens is 400 g/mol. The van der Waals surface area contributed by atoms with Gasteiger partial charge in [-0.15, -0.1) is 0 Å². The van der Waals surface area contributed by atoms with Crippen LogP contribution in [0.2, 0.25) is 0 Å². The largest absolute Gasteiger partial charge is 0.497 e. The second kappa shape index (κ2) is 9.28. The van der Waals surface area contributed by atoms with Gasteiger partial charge in [0.1, 0.15) is 5.75 Å². The van der Waals surface area contributed by atoms with Gasteiger partial charge in [-0.2, -0.15) is 5.10 Å². The van der Waals surface area contributed by atoms with E-state index in [1.54, 1.807) is 7.11 Å². The van der Waals surface area contributed by atoms with Crippen molar-refractivity contribution in [2.45, 2.75) is 38.1 Å².